The van der Waals surface area contributed by atoms with Gasteiger partial charge in [0.1, 0.15) is 36.2 Å². The summed E-state index contributed by atoms with van der Waals surface area (Å²) in [6, 6.07) is 23.9. The summed E-state index contributed by atoms with van der Waals surface area (Å²) in [7, 11) is 1.63. The summed E-state index contributed by atoms with van der Waals surface area (Å²) >= 11 is 0. The molecule has 1 aliphatic rings. The molecule has 0 aliphatic heterocycles. The molecular weight excluding hydrogens is 592 g/mol. The molecule has 0 aromatic heterocycles. The second kappa shape index (κ2) is 20.2. The third kappa shape index (κ3) is 12.8. The van der Waals surface area contributed by atoms with Gasteiger partial charge in [-0.25, -0.2) is 0 Å². The number of benzene rings is 3. The number of methoxy groups -OCH3 is 1. The van der Waals surface area contributed by atoms with Crippen molar-refractivity contribution < 1.29 is 47.5 Å². The molecule has 1 saturated carbocycles. The van der Waals surface area contributed by atoms with Crippen LogP contribution in [0.25, 0.3) is 0 Å². The lowest BCUT2D eigenvalue weighted by atomic mass is 9.82. The number of rotatable bonds is 20. The standard InChI is InChI=1S/C36H44O10/c1-39-19-20-40-21-22-41-23-25-43-31-11-15-33(16-12-31)45-35(37)29-7-9-30(10-8-29)36(38)46-34-17-13-32(14-18-34)44-26-24-42-27-28-5-3-2-4-6-28/h2-6,11-18,29-30H,7-10,19-27H2,1H3. The Bertz CT molecular complexity index is 1270. The number of carbonyl (C=O) groups is 2. The normalized spacial score (nSPS) is 16.0. The fourth-order valence-electron chi connectivity index (χ4n) is 4.84. The molecule has 0 radical (unpaired) electrons. The largest absolute Gasteiger partial charge is 0.491 e. The molecule has 3 aromatic carbocycles. The average molecular weight is 637 g/mol. The molecule has 0 unspecified atom stereocenters. The van der Waals surface area contributed by atoms with Crippen LogP contribution in [0.2, 0.25) is 0 Å². The first kappa shape index (κ1) is 34.9. The summed E-state index contributed by atoms with van der Waals surface area (Å²) in [6.45, 7) is 4.36. The predicted molar refractivity (Wildman–Crippen MR) is 170 cm³/mol. The molecule has 0 bridgehead atoms. The van der Waals surface area contributed by atoms with Crippen LogP contribution in [0.4, 0.5) is 0 Å². The van der Waals surface area contributed by atoms with Gasteiger partial charge in [0.15, 0.2) is 0 Å². The van der Waals surface area contributed by atoms with E-state index in [-0.39, 0.29) is 23.8 Å². The lowest BCUT2D eigenvalue weighted by Gasteiger charge is -2.25. The Hall–Kier alpha value is -3.96. The van der Waals surface area contributed by atoms with Crippen LogP contribution in [0.5, 0.6) is 23.0 Å². The zero-order valence-corrected chi connectivity index (χ0v) is 26.4. The van der Waals surface area contributed by atoms with Crippen LogP contribution >= 0.6 is 0 Å². The van der Waals surface area contributed by atoms with E-state index in [2.05, 4.69) is 0 Å². The Balaban J connectivity index is 1.06. The van der Waals surface area contributed by atoms with Crippen molar-refractivity contribution in [2.24, 2.45) is 11.8 Å². The van der Waals surface area contributed by atoms with E-state index in [0.29, 0.717) is 108 Å². The van der Waals surface area contributed by atoms with Crippen molar-refractivity contribution in [1.82, 2.24) is 0 Å². The van der Waals surface area contributed by atoms with Crippen molar-refractivity contribution >= 4 is 11.9 Å². The molecule has 0 heterocycles. The number of hydrogen-bond donors (Lipinski definition) is 0. The van der Waals surface area contributed by atoms with Gasteiger partial charge < -0.3 is 37.9 Å². The Morgan fingerprint density at radius 2 is 0.935 bits per heavy atom. The van der Waals surface area contributed by atoms with Gasteiger partial charge in [0.25, 0.3) is 0 Å². The monoisotopic (exact) mass is 636 g/mol. The number of ether oxygens (including phenoxy) is 8. The maximum Gasteiger partial charge on any atom is 0.314 e. The minimum atomic E-state index is -0.289. The summed E-state index contributed by atoms with van der Waals surface area (Å²) < 4.78 is 43.9. The van der Waals surface area contributed by atoms with Gasteiger partial charge in [0.05, 0.1) is 58.1 Å². The maximum absolute atomic E-state index is 12.8. The molecule has 0 spiro atoms. The molecule has 10 heteroatoms. The van der Waals surface area contributed by atoms with Gasteiger partial charge >= 0.3 is 11.9 Å². The summed E-state index contributed by atoms with van der Waals surface area (Å²) in [5.41, 5.74) is 1.12. The van der Waals surface area contributed by atoms with Crippen LogP contribution in [-0.4, -0.2) is 71.9 Å². The first-order chi connectivity index (χ1) is 22.6. The number of hydrogen-bond acceptors (Lipinski definition) is 10. The molecule has 0 saturated heterocycles. The Morgan fingerprint density at radius 3 is 1.41 bits per heavy atom. The quantitative estimate of drug-likeness (QED) is 0.0876. The van der Waals surface area contributed by atoms with E-state index in [0.717, 1.165) is 5.56 Å². The highest BCUT2D eigenvalue weighted by atomic mass is 16.6. The second-order valence-corrected chi connectivity index (χ2v) is 10.8. The highest BCUT2D eigenvalue weighted by Crippen LogP contribution is 2.32. The van der Waals surface area contributed by atoms with Gasteiger partial charge in [-0.05, 0) is 79.8 Å². The van der Waals surface area contributed by atoms with Gasteiger partial charge in [0, 0.05) is 7.11 Å². The van der Waals surface area contributed by atoms with E-state index in [1.807, 2.05) is 30.3 Å². The molecule has 0 atom stereocenters. The molecule has 248 valence electrons. The van der Waals surface area contributed by atoms with E-state index in [9.17, 15) is 9.59 Å². The van der Waals surface area contributed by atoms with E-state index >= 15 is 0 Å². The summed E-state index contributed by atoms with van der Waals surface area (Å²) in [6.07, 6.45) is 2.26. The lowest BCUT2D eigenvalue weighted by Crippen LogP contribution is -2.30. The third-order valence-corrected chi connectivity index (χ3v) is 7.39. The molecule has 0 N–H and O–H groups in total. The van der Waals surface area contributed by atoms with E-state index < -0.39 is 0 Å². The van der Waals surface area contributed by atoms with Crippen LogP contribution in [0.1, 0.15) is 31.2 Å². The zero-order valence-electron chi connectivity index (χ0n) is 26.4. The van der Waals surface area contributed by atoms with Gasteiger partial charge in [-0.1, -0.05) is 30.3 Å². The van der Waals surface area contributed by atoms with Crippen molar-refractivity contribution in [3.63, 3.8) is 0 Å². The molecule has 1 aliphatic carbocycles. The minimum absolute atomic E-state index is 0.259. The minimum Gasteiger partial charge on any atom is -0.491 e. The molecule has 1 fully saturated rings. The van der Waals surface area contributed by atoms with E-state index in [1.54, 1.807) is 55.6 Å². The lowest BCUT2D eigenvalue weighted by molar-refractivity contribution is -0.145. The van der Waals surface area contributed by atoms with Crippen molar-refractivity contribution in [1.29, 1.82) is 0 Å². The fraction of sp³-hybridized carbons (Fsp3) is 0.444. The highest BCUT2D eigenvalue weighted by molar-refractivity contribution is 5.77. The van der Waals surface area contributed by atoms with Gasteiger partial charge in [-0.3, -0.25) is 9.59 Å². The van der Waals surface area contributed by atoms with Crippen LogP contribution in [0.15, 0.2) is 78.9 Å². The first-order valence-corrected chi connectivity index (χ1v) is 15.8. The Labute approximate surface area is 270 Å². The Kier molecular flexibility index (Phi) is 15.3. The van der Waals surface area contributed by atoms with E-state index in [1.165, 1.54) is 0 Å². The van der Waals surface area contributed by atoms with Crippen LogP contribution in [0, 0.1) is 11.8 Å². The highest BCUT2D eigenvalue weighted by Gasteiger charge is 2.32. The molecule has 3 aromatic rings. The zero-order chi connectivity index (χ0) is 32.2. The first-order valence-electron chi connectivity index (χ1n) is 15.8. The smallest absolute Gasteiger partial charge is 0.314 e. The number of carbonyl (C=O) groups excluding carboxylic acids is 2. The van der Waals surface area contributed by atoms with Gasteiger partial charge in [-0.15, -0.1) is 0 Å². The van der Waals surface area contributed by atoms with Gasteiger partial charge in [-0.2, -0.15) is 0 Å². The summed E-state index contributed by atoms with van der Waals surface area (Å²) in [5, 5.41) is 0. The average Bonchev–Trinajstić information content (AvgIpc) is 3.09. The Morgan fingerprint density at radius 1 is 0.522 bits per heavy atom. The predicted octanol–water partition coefficient (Wildman–Crippen LogP) is 5.66. The topological polar surface area (TPSA) is 108 Å². The summed E-state index contributed by atoms with van der Waals surface area (Å²) in [5.74, 6) is 1.15. The molecular formula is C36H44O10. The van der Waals surface area contributed by atoms with Crippen molar-refractivity contribution in [3.8, 4) is 23.0 Å². The van der Waals surface area contributed by atoms with Crippen molar-refractivity contribution in [3.05, 3.63) is 84.4 Å². The maximum atomic E-state index is 12.8. The van der Waals surface area contributed by atoms with Crippen LogP contribution < -0.4 is 18.9 Å². The molecule has 10 nitrogen and oxygen atoms in total. The molecule has 0 amide bonds. The molecule has 46 heavy (non-hydrogen) atoms. The number of esters is 2. The van der Waals surface area contributed by atoms with Crippen molar-refractivity contribution in [2.45, 2.75) is 32.3 Å². The van der Waals surface area contributed by atoms with Crippen LogP contribution in [0.3, 0.4) is 0 Å². The third-order valence-electron chi connectivity index (χ3n) is 7.39. The van der Waals surface area contributed by atoms with E-state index in [4.69, 9.17) is 37.9 Å². The SMILES string of the molecule is COCCOCCOCCOc1ccc(OC(=O)C2CCC(C(=O)Oc3ccc(OCCOCc4ccccc4)cc3)CC2)cc1. The second-order valence-electron chi connectivity index (χ2n) is 10.8. The summed E-state index contributed by atoms with van der Waals surface area (Å²) in [4.78, 5) is 25.5. The van der Waals surface area contributed by atoms with Crippen LogP contribution in [-0.2, 0) is 35.1 Å². The molecule has 4 rings (SSSR count). The van der Waals surface area contributed by atoms with Gasteiger partial charge in [0.2, 0.25) is 0 Å². The fourth-order valence-corrected chi connectivity index (χ4v) is 4.84. The van der Waals surface area contributed by atoms with Crippen molar-refractivity contribution in [2.75, 3.05) is 60.0 Å².